The first kappa shape index (κ1) is 11.1. The molecule has 0 atom stereocenters. The van der Waals surface area contributed by atoms with Gasteiger partial charge in [0, 0.05) is 5.38 Å². The summed E-state index contributed by atoms with van der Waals surface area (Å²) in [6.07, 6.45) is -5.00. The normalized spacial score (nSPS) is 11.9. The van der Waals surface area contributed by atoms with Crippen LogP contribution in [0.3, 0.4) is 0 Å². The molecule has 2 heterocycles. The zero-order chi connectivity index (χ0) is 11.9. The Morgan fingerprint density at radius 1 is 1.44 bits per heavy atom. The number of nitrogens with one attached hydrogen (secondary N) is 2. The molecule has 2 rings (SSSR count). The quantitative estimate of drug-likeness (QED) is 0.778. The van der Waals surface area contributed by atoms with Crippen LogP contribution in [0.25, 0.3) is 10.6 Å². The van der Waals surface area contributed by atoms with Crippen molar-refractivity contribution in [3.8, 4) is 10.6 Å². The average Bonchev–Trinajstić information content (AvgIpc) is 2.68. The van der Waals surface area contributed by atoms with Crippen molar-refractivity contribution in [1.82, 2.24) is 4.98 Å². The van der Waals surface area contributed by atoms with Crippen LogP contribution in [-0.4, -0.2) is 17.1 Å². The van der Waals surface area contributed by atoms with E-state index < -0.39 is 17.6 Å². The van der Waals surface area contributed by atoms with Gasteiger partial charge < -0.3 is 10.3 Å². The summed E-state index contributed by atoms with van der Waals surface area (Å²) in [6, 6.07) is 0. The van der Waals surface area contributed by atoms with Crippen LogP contribution >= 0.6 is 20.7 Å². The van der Waals surface area contributed by atoms with Crippen LogP contribution in [0.1, 0.15) is 0 Å². The second-order valence-corrected chi connectivity index (χ2v) is 4.90. The molecule has 2 N–H and O–H groups in total. The lowest BCUT2D eigenvalue weighted by atomic mass is 10.4. The van der Waals surface area contributed by atoms with Crippen molar-refractivity contribution in [3.05, 3.63) is 15.7 Å². The van der Waals surface area contributed by atoms with Gasteiger partial charge in [0.2, 0.25) is 0 Å². The van der Waals surface area contributed by atoms with Gasteiger partial charge in [0.05, 0.1) is 10.6 Å². The van der Waals surface area contributed by atoms with Gasteiger partial charge in [-0.15, -0.1) is 0 Å². The van der Waals surface area contributed by atoms with Crippen LogP contribution in [0.4, 0.5) is 18.9 Å². The molecular formula is C7H3F3N2O2S2. The van der Waals surface area contributed by atoms with E-state index in [1.54, 1.807) is 10.7 Å². The maximum Gasteiger partial charge on any atom is 0.471 e. The van der Waals surface area contributed by atoms with Crippen molar-refractivity contribution in [2.24, 2.45) is 0 Å². The van der Waals surface area contributed by atoms with Crippen molar-refractivity contribution in [2.45, 2.75) is 6.18 Å². The Hall–Kier alpha value is -1.35. The summed E-state index contributed by atoms with van der Waals surface area (Å²) >= 11 is 0. The largest absolute Gasteiger partial charge is 0.471 e. The Balaban J connectivity index is 2.35. The zero-order valence-corrected chi connectivity index (χ0v) is 8.98. The Bertz CT molecular complexity index is 553. The van der Waals surface area contributed by atoms with Gasteiger partial charge in [0.15, 0.2) is 0 Å². The number of hydrogen-bond donors (Lipinski definition) is 2. The molecule has 0 radical (unpaired) electrons. The zero-order valence-electron chi connectivity index (χ0n) is 7.34. The lowest BCUT2D eigenvalue weighted by molar-refractivity contribution is -0.167. The average molecular weight is 268 g/mol. The van der Waals surface area contributed by atoms with Gasteiger partial charge in [-0.1, -0.05) is 20.7 Å². The minimum absolute atomic E-state index is 0.326. The molecule has 2 aliphatic heterocycles. The van der Waals surface area contributed by atoms with E-state index >= 15 is 0 Å². The minimum atomic E-state index is -5.00. The molecule has 0 unspecified atom stereocenters. The predicted octanol–water partition coefficient (Wildman–Crippen LogP) is 2.10. The van der Waals surface area contributed by atoms with Gasteiger partial charge in [-0.3, -0.25) is 9.59 Å². The van der Waals surface area contributed by atoms with Crippen LogP contribution in [0.15, 0.2) is 10.2 Å². The first-order valence-corrected chi connectivity index (χ1v) is 6.08. The van der Waals surface area contributed by atoms with E-state index in [-0.39, 0.29) is 5.69 Å². The third-order valence-corrected chi connectivity index (χ3v) is 3.84. The Morgan fingerprint density at radius 2 is 2.12 bits per heavy atom. The summed E-state index contributed by atoms with van der Waals surface area (Å²) in [5.41, 5.74) is -0.646. The molecule has 86 valence electrons. The second kappa shape index (κ2) is 3.59. The summed E-state index contributed by atoms with van der Waals surface area (Å²) in [5, 5.41) is 3.16. The summed E-state index contributed by atoms with van der Waals surface area (Å²) < 4.78 is 35.9. The fraction of sp³-hybridized carbons (Fsp3) is 0.143. The van der Waals surface area contributed by atoms with Crippen LogP contribution in [0.2, 0.25) is 0 Å². The maximum absolute atomic E-state index is 12.0. The van der Waals surface area contributed by atoms with Crippen molar-refractivity contribution in [3.63, 3.8) is 0 Å². The van der Waals surface area contributed by atoms with Gasteiger partial charge in [-0.25, -0.2) is 0 Å². The lowest BCUT2D eigenvalue weighted by Gasteiger charge is -2.05. The van der Waals surface area contributed by atoms with Crippen molar-refractivity contribution in [1.29, 1.82) is 0 Å². The molecule has 0 saturated heterocycles. The number of hydrogen-bond acceptors (Lipinski definition) is 4. The van der Waals surface area contributed by atoms with Crippen LogP contribution in [-0.2, 0) is 4.79 Å². The third-order valence-electron chi connectivity index (χ3n) is 1.74. The molecule has 0 bridgehead atoms. The molecule has 0 aromatic heterocycles. The Labute approximate surface area is 93.4 Å². The summed E-state index contributed by atoms with van der Waals surface area (Å²) in [5.74, 6) is -2.15. The fourth-order valence-electron chi connectivity index (χ4n) is 1.07. The van der Waals surface area contributed by atoms with E-state index in [1.165, 1.54) is 10.3 Å². The number of rotatable bonds is 1. The highest BCUT2D eigenvalue weighted by atomic mass is 32.9. The second-order valence-electron chi connectivity index (χ2n) is 2.82. The Kier molecular flexibility index (Phi) is 2.50. The van der Waals surface area contributed by atoms with Crippen molar-refractivity contribution < 1.29 is 18.0 Å². The Morgan fingerprint density at radius 3 is 2.75 bits per heavy atom. The number of amides is 1. The molecule has 2 aliphatic rings. The molecule has 16 heavy (non-hydrogen) atoms. The fourth-order valence-corrected chi connectivity index (χ4v) is 3.23. The standard InChI is InChI=1S/C7H3F3N2O2S2/c8-7(9,10)6(14)12-3-4-2(1-15-16-4)11-5(3)13/h1H,(H,11,13)(H,12,14). The molecule has 0 fully saturated rings. The first-order chi connectivity index (χ1) is 7.39. The van der Waals surface area contributed by atoms with E-state index in [1.807, 2.05) is 0 Å². The number of carbonyl (C=O) groups is 1. The summed E-state index contributed by atoms with van der Waals surface area (Å²) in [7, 11) is 2.37. The molecule has 9 heteroatoms. The molecule has 4 nitrogen and oxygen atoms in total. The SMILES string of the molecule is O=C(Nc1c2sscc-2[nH]c1=O)C(F)(F)F. The predicted molar refractivity (Wildman–Crippen MR) is 54.1 cm³/mol. The first-order valence-electron chi connectivity index (χ1n) is 3.87. The van der Waals surface area contributed by atoms with Crippen molar-refractivity contribution in [2.75, 3.05) is 5.32 Å². The minimum Gasteiger partial charge on any atom is -0.319 e. The molecule has 0 aliphatic carbocycles. The van der Waals surface area contributed by atoms with Gasteiger partial charge >= 0.3 is 12.1 Å². The number of carbonyl (C=O) groups excluding carboxylic acids is 1. The smallest absolute Gasteiger partial charge is 0.319 e. The van der Waals surface area contributed by atoms with E-state index in [2.05, 4.69) is 4.98 Å². The van der Waals surface area contributed by atoms with Crippen LogP contribution in [0, 0.1) is 0 Å². The topological polar surface area (TPSA) is 62.0 Å². The summed E-state index contributed by atoms with van der Waals surface area (Å²) in [6.45, 7) is 0. The van der Waals surface area contributed by atoms with Crippen LogP contribution < -0.4 is 10.9 Å². The van der Waals surface area contributed by atoms with Gasteiger partial charge in [-0.05, 0) is 0 Å². The van der Waals surface area contributed by atoms with E-state index in [0.29, 0.717) is 10.6 Å². The van der Waals surface area contributed by atoms with Crippen LogP contribution in [0.5, 0.6) is 0 Å². The number of aromatic nitrogens is 1. The molecular weight excluding hydrogens is 265 g/mol. The number of fused-ring (bicyclic) bond motifs is 1. The lowest BCUT2D eigenvalue weighted by Crippen LogP contribution is -2.31. The van der Waals surface area contributed by atoms with Gasteiger partial charge in [0.25, 0.3) is 5.56 Å². The third kappa shape index (κ3) is 1.83. The van der Waals surface area contributed by atoms with E-state index in [0.717, 1.165) is 10.3 Å². The van der Waals surface area contributed by atoms with E-state index in [9.17, 15) is 22.8 Å². The highest BCUT2D eigenvalue weighted by Crippen LogP contribution is 2.35. The number of anilines is 1. The summed E-state index contributed by atoms with van der Waals surface area (Å²) in [4.78, 5) is 24.6. The number of aromatic amines is 1. The molecule has 1 amide bonds. The van der Waals surface area contributed by atoms with Gasteiger partial charge in [0.1, 0.15) is 5.69 Å². The monoisotopic (exact) mass is 268 g/mol. The van der Waals surface area contributed by atoms with Crippen molar-refractivity contribution >= 4 is 32.3 Å². The number of H-pyrrole nitrogens is 1. The van der Waals surface area contributed by atoms with E-state index in [4.69, 9.17) is 0 Å². The molecule has 0 aromatic rings. The van der Waals surface area contributed by atoms with Gasteiger partial charge in [-0.2, -0.15) is 13.2 Å². The highest BCUT2D eigenvalue weighted by molar-refractivity contribution is 7.70. The molecule has 0 aromatic carbocycles. The number of alkyl halides is 3. The maximum atomic E-state index is 12.0. The molecule has 0 spiro atoms. The molecule has 0 saturated carbocycles. The highest BCUT2D eigenvalue weighted by Gasteiger charge is 2.39. The number of halogens is 3.